The number of nitrogens with zero attached hydrogens (tertiary/aromatic N) is 4. The van der Waals surface area contributed by atoms with Gasteiger partial charge in [-0.25, -0.2) is 5.10 Å². The third-order valence-electron chi connectivity index (χ3n) is 3.34. The Balaban J connectivity index is 1.85. The van der Waals surface area contributed by atoms with Gasteiger partial charge in [-0.3, -0.25) is 0 Å². The number of benzene rings is 1. The van der Waals surface area contributed by atoms with E-state index in [9.17, 15) is 15.3 Å². The van der Waals surface area contributed by atoms with Gasteiger partial charge in [0.05, 0.1) is 11.1 Å². The van der Waals surface area contributed by atoms with Gasteiger partial charge in [0, 0.05) is 24.7 Å². The number of phenols is 2. The number of aromatic nitrogens is 5. The largest absolute Gasteiger partial charge is 0.508 e. The van der Waals surface area contributed by atoms with E-state index in [0.29, 0.717) is 22.5 Å². The fourth-order valence-corrected chi connectivity index (χ4v) is 2.26. The standard InChI is InChI=1S/C14H16ClN7O3/c1-6(23)4-17-14-18-12(11-13(19-14)21-22-20-11)16-5-7-2-10(25)8(15)3-9(7)24/h2-3,6,23-25H,4-5H2,1H3,(H3,16,17,18,19,20,21,22). The lowest BCUT2D eigenvalue weighted by Crippen LogP contribution is -2.17. The molecule has 0 aliphatic rings. The molecule has 0 aliphatic carbocycles. The average molecular weight is 366 g/mol. The molecular weight excluding hydrogens is 350 g/mol. The van der Waals surface area contributed by atoms with Crippen molar-refractivity contribution in [3.8, 4) is 11.5 Å². The normalized spacial score (nSPS) is 12.3. The van der Waals surface area contributed by atoms with Crippen LogP contribution in [0.4, 0.5) is 11.8 Å². The number of rotatable bonds is 6. The Morgan fingerprint density at radius 2 is 2.00 bits per heavy atom. The molecule has 1 atom stereocenters. The Bertz CT molecular complexity index is 900. The Labute approximate surface area is 146 Å². The number of hydrogen-bond donors (Lipinski definition) is 6. The van der Waals surface area contributed by atoms with Crippen LogP contribution in [-0.4, -0.2) is 53.3 Å². The van der Waals surface area contributed by atoms with E-state index in [1.165, 1.54) is 12.1 Å². The molecule has 1 unspecified atom stereocenters. The van der Waals surface area contributed by atoms with E-state index in [1.807, 2.05) is 0 Å². The molecule has 25 heavy (non-hydrogen) atoms. The Morgan fingerprint density at radius 1 is 1.20 bits per heavy atom. The summed E-state index contributed by atoms with van der Waals surface area (Å²) in [6.45, 7) is 2.07. The van der Waals surface area contributed by atoms with Gasteiger partial charge in [-0.1, -0.05) is 16.8 Å². The van der Waals surface area contributed by atoms with Crippen LogP contribution in [0.5, 0.6) is 11.5 Å². The zero-order chi connectivity index (χ0) is 18.0. The summed E-state index contributed by atoms with van der Waals surface area (Å²) in [5, 5.41) is 45.2. The zero-order valence-corrected chi connectivity index (χ0v) is 13.9. The lowest BCUT2D eigenvalue weighted by atomic mass is 10.2. The van der Waals surface area contributed by atoms with Crippen molar-refractivity contribution in [2.45, 2.75) is 19.6 Å². The van der Waals surface area contributed by atoms with Crippen LogP contribution in [0.25, 0.3) is 11.2 Å². The molecule has 0 fully saturated rings. The van der Waals surface area contributed by atoms with Crippen LogP contribution < -0.4 is 10.6 Å². The van der Waals surface area contributed by atoms with Gasteiger partial charge in [-0.2, -0.15) is 9.97 Å². The first-order valence-corrected chi connectivity index (χ1v) is 7.76. The highest BCUT2D eigenvalue weighted by Gasteiger charge is 2.13. The predicted octanol–water partition coefficient (Wildman–Crippen LogP) is 1.22. The van der Waals surface area contributed by atoms with Crippen LogP contribution in [-0.2, 0) is 6.54 Å². The lowest BCUT2D eigenvalue weighted by Gasteiger charge is -2.11. The minimum absolute atomic E-state index is 0.0618. The molecule has 3 aromatic rings. The van der Waals surface area contributed by atoms with Crippen LogP contribution in [0.15, 0.2) is 12.1 Å². The molecular formula is C14H16ClN7O3. The lowest BCUT2D eigenvalue weighted by molar-refractivity contribution is 0.208. The van der Waals surface area contributed by atoms with Crippen molar-refractivity contribution in [3.63, 3.8) is 0 Å². The topological polar surface area (TPSA) is 152 Å². The number of hydrogen-bond acceptors (Lipinski definition) is 9. The number of anilines is 2. The van der Waals surface area contributed by atoms with E-state index in [4.69, 9.17) is 11.6 Å². The van der Waals surface area contributed by atoms with Gasteiger partial charge in [0.2, 0.25) is 5.95 Å². The van der Waals surface area contributed by atoms with E-state index in [1.54, 1.807) is 6.92 Å². The molecule has 3 rings (SSSR count). The van der Waals surface area contributed by atoms with Crippen LogP contribution in [0.2, 0.25) is 5.02 Å². The van der Waals surface area contributed by atoms with Crippen molar-refractivity contribution in [3.05, 3.63) is 22.7 Å². The molecule has 0 saturated heterocycles. The number of aliphatic hydroxyl groups excluding tert-OH is 1. The maximum atomic E-state index is 9.92. The first kappa shape index (κ1) is 17.0. The Morgan fingerprint density at radius 3 is 2.76 bits per heavy atom. The second kappa shape index (κ2) is 6.95. The summed E-state index contributed by atoms with van der Waals surface area (Å²) in [6, 6.07) is 2.62. The van der Waals surface area contributed by atoms with E-state index < -0.39 is 6.10 Å². The monoisotopic (exact) mass is 365 g/mol. The minimum Gasteiger partial charge on any atom is -0.508 e. The molecule has 0 radical (unpaired) electrons. The first-order chi connectivity index (χ1) is 11.9. The summed E-state index contributed by atoms with van der Waals surface area (Å²) < 4.78 is 0. The molecule has 0 bridgehead atoms. The highest BCUT2D eigenvalue weighted by Crippen LogP contribution is 2.31. The maximum Gasteiger partial charge on any atom is 0.226 e. The fraction of sp³-hybridized carbons (Fsp3) is 0.286. The van der Waals surface area contributed by atoms with Crippen molar-refractivity contribution in [1.82, 2.24) is 25.4 Å². The van der Waals surface area contributed by atoms with Gasteiger partial charge < -0.3 is 26.0 Å². The quantitative estimate of drug-likeness (QED) is 0.354. The zero-order valence-electron chi connectivity index (χ0n) is 13.2. The number of aromatic hydroxyl groups is 2. The molecule has 11 heteroatoms. The van der Waals surface area contributed by atoms with Gasteiger partial charge in [0.15, 0.2) is 17.0 Å². The highest BCUT2D eigenvalue weighted by molar-refractivity contribution is 6.32. The molecule has 0 saturated carbocycles. The van der Waals surface area contributed by atoms with E-state index in [-0.39, 0.29) is 35.6 Å². The first-order valence-electron chi connectivity index (χ1n) is 7.39. The molecule has 132 valence electrons. The molecule has 1 aromatic carbocycles. The molecule has 0 spiro atoms. The second-order valence-corrected chi connectivity index (χ2v) is 5.83. The summed E-state index contributed by atoms with van der Waals surface area (Å²) in [6.07, 6.45) is -0.565. The third kappa shape index (κ3) is 3.80. The van der Waals surface area contributed by atoms with Crippen molar-refractivity contribution < 1.29 is 15.3 Å². The highest BCUT2D eigenvalue weighted by atomic mass is 35.5. The minimum atomic E-state index is -0.565. The van der Waals surface area contributed by atoms with Gasteiger partial charge in [-0.05, 0) is 13.0 Å². The second-order valence-electron chi connectivity index (χ2n) is 5.42. The Kier molecular flexibility index (Phi) is 4.72. The van der Waals surface area contributed by atoms with Crippen molar-refractivity contribution in [1.29, 1.82) is 0 Å². The van der Waals surface area contributed by atoms with Crippen LogP contribution >= 0.6 is 11.6 Å². The predicted molar refractivity (Wildman–Crippen MR) is 91.8 cm³/mol. The number of phenolic OH excluding ortho intramolecular Hbond substituents is 2. The summed E-state index contributed by atoms with van der Waals surface area (Å²) >= 11 is 5.75. The number of aromatic amines is 1. The molecule has 6 N–H and O–H groups in total. The fourth-order valence-electron chi connectivity index (χ4n) is 2.11. The summed E-state index contributed by atoms with van der Waals surface area (Å²) in [5.74, 6) is 0.462. The van der Waals surface area contributed by atoms with Crippen LogP contribution in [0.1, 0.15) is 12.5 Å². The van der Waals surface area contributed by atoms with Gasteiger partial charge >= 0.3 is 0 Å². The summed E-state index contributed by atoms with van der Waals surface area (Å²) in [5.41, 5.74) is 1.25. The summed E-state index contributed by atoms with van der Waals surface area (Å²) in [4.78, 5) is 8.50. The molecule has 2 aromatic heterocycles. The van der Waals surface area contributed by atoms with Crippen LogP contribution in [0, 0.1) is 0 Å². The number of nitrogens with one attached hydrogen (secondary N) is 3. The van der Waals surface area contributed by atoms with Gasteiger partial charge in [0.25, 0.3) is 0 Å². The molecule has 0 aliphatic heterocycles. The molecule has 2 heterocycles. The Hall–Kier alpha value is -2.85. The molecule has 0 amide bonds. The third-order valence-corrected chi connectivity index (χ3v) is 3.64. The van der Waals surface area contributed by atoms with Gasteiger partial charge in [0.1, 0.15) is 11.5 Å². The maximum absolute atomic E-state index is 9.92. The van der Waals surface area contributed by atoms with Crippen molar-refractivity contribution >= 4 is 34.5 Å². The molecule has 10 nitrogen and oxygen atoms in total. The number of aliphatic hydroxyl groups is 1. The number of fused-ring (bicyclic) bond motifs is 1. The van der Waals surface area contributed by atoms with Crippen LogP contribution in [0.3, 0.4) is 0 Å². The van der Waals surface area contributed by atoms with Crippen molar-refractivity contribution in [2.75, 3.05) is 17.2 Å². The number of H-pyrrole nitrogens is 1. The smallest absolute Gasteiger partial charge is 0.226 e. The van der Waals surface area contributed by atoms with Gasteiger partial charge in [-0.15, -0.1) is 5.10 Å². The van der Waals surface area contributed by atoms with E-state index in [2.05, 4.69) is 36.0 Å². The number of halogens is 1. The van der Waals surface area contributed by atoms with E-state index >= 15 is 0 Å². The summed E-state index contributed by atoms with van der Waals surface area (Å²) in [7, 11) is 0. The average Bonchev–Trinajstić information content (AvgIpc) is 3.03. The SMILES string of the molecule is CC(O)CNc1nc(NCc2cc(O)c(Cl)cc2O)c2nn[nH]c2n1. The van der Waals surface area contributed by atoms with E-state index in [0.717, 1.165) is 0 Å². The van der Waals surface area contributed by atoms with Crippen molar-refractivity contribution in [2.24, 2.45) is 0 Å².